The van der Waals surface area contributed by atoms with Crippen LogP contribution in [-0.2, 0) is 6.42 Å². The third-order valence-corrected chi connectivity index (χ3v) is 3.80. The van der Waals surface area contributed by atoms with Gasteiger partial charge in [0.15, 0.2) is 11.8 Å². The van der Waals surface area contributed by atoms with Gasteiger partial charge in [0.2, 0.25) is 5.89 Å². The molecule has 21 heavy (non-hydrogen) atoms. The molecule has 1 aliphatic carbocycles. The Morgan fingerprint density at radius 1 is 1.33 bits per heavy atom. The Morgan fingerprint density at radius 3 is 2.71 bits per heavy atom. The predicted octanol–water partition coefficient (Wildman–Crippen LogP) is 2.23. The van der Waals surface area contributed by atoms with Gasteiger partial charge in [-0.25, -0.2) is 0 Å². The number of hydrogen-bond donors (Lipinski definition) is 2. The van der Waals surface area contributed by atoms with Crippen LogP contribution in [0.2, 0.25) is 0 Å². The van der Waals surface area contributed by atoms with Crippen LogP contribution in [0.25, 0.3) is 0 Å². The molecule has 0 bridgehead atoms. The molecule has 1 aromatic heterocycles. The predicted molar refractivity (Wildman–Crippen MR) is 83.5 cm³/mol. The molecule has 0 spiro atoms. The molecule has 2 rings (SSSR count). The molecule has 0 unspecified atom stereocenters. The second kappa shape index (κ2) is 8.00. The van der Waals surface area contributed by atoms with Crippen LogP contribution in [0.4, 0.5) is 0 Å². The highest BCUT2D eigenvalue weighted by atomic mass is 16.5. The average Bonchev–Trinajstić information content (AvgIpc) is 2.96. The molecule has 1 aliphatic rings. The summed E-state index contributed by atoms with van der Waals surface area (Å²) in [6.45, 7) is 4.86. The Balaban J connectivity index is 1.72. The van der Waals surface area contributed by atoms with E-state index in [0.717, 1.165) is 18.3 Å². The number of aliphatic imine (C=N–C) groups is 1. The van der Waals surface area contributed by atoms with Crippen molar-refractivity contribution < 1.29 is 4.52 Å². The Kier molecular flexibility index (Phi) is 6.02. The molecule has 118 valence electrons. The van der Waals surface area contributed by atoms with Crippen LogP contribution in [-0.4, -0.2) is 35.7 Å². The molecule has 6 nitrogen and oxygen atoms in total. The summed E-state index contributed by atoms with van der Waals surface area (Å²) in [5.74, 6) is 2.62. The maximum absolute atomic E-state index is 5.23. The molecule has 1 aromatic rings. The highest BCUT2D eigenvalue weighted by molar-refractivity contribution is 5.79. The summed E-state index contributed by atoms with van der Waals surface area (Å²) in [6, 6.07) is 0.556. The van der Waals surface area contributed by atoms with Crippen molar-refractivity contribution in [2.45, 2.75) is 64.3 Å². The molecule has 0 atom stereocenters. The van der Waals surface area contributed by atoms with Crippen LogP contribution in [0.15, 0.2) is 9.52 Å². The van der Waals surface area contributed by atoms with Gasteiger partial charge in [-0.05, 0) is 12.8 Å². The molecule has 1 heterocycles. The van der Waals surface area contributed by atoms with Crippen molar-refractivity contribution in [2.75, 3.05) is 13.6 Å². The Hall–Kier alpha value is -1.59. The summed E-state index contributed by atoms with van der Waals surface area (Å²) in [5.41, 5.74) is 0. The van der Waals surface area contributed by atoms with Gasteiger partial charge in [0, 0.05) is 32.0 Å². The number of aromatic nitrogens is 2. The van der Waals surface area contributed by atoms with Crippen molar-refractivity contribution in [3.63, 3.8) is 0 Å². The van der Waals surface area contributed by atoms with Crippen molar-refractivity contribution in [3.05, 3.63) is 11.7 Å². The lowest BCUT2D eigenvalue weighted by atomic mass is 9.96. The molecular formula is C15H27N5O. The van der Waals surface area contributed by atoms with Crippen molar-refractivity contribution in [1.82, 2.24) is 20.8 Å². The molecule has 0 radical (unpaired) electrons. The summed E-state index contributed by atoms with van der Waals surface area (Å²) < 4.78 is 5.23. The molecule has 0 aromatic carbocycles. The first kappa shape index (κ1) is 15.8. The molecule has 0 aliphatic heterocycles. The minimum Gasteiger partial charge on any atom is -0.356 e. The molecule has 2 N–H and O–H groups in total. The zero-order valence-corrected chi connectivity index (χ0v) is 13.4. The van der Waals surface area contributed by atoms with E-state index in [1.54, 1.807) is 0 Å². The molecular weight excluding hydrogens is 266 g/mol. The first-order chi connectivity index (χ1) is 10.2. The summed E-state index contributed by atoms with van der Waals surface area (Å²) in [4.78, 5) is 8.64. The molecule has 6 heteroatoms. The van der Waals surface area contributed by atoms with Crippen LogP contribution in [0.3, 0.4) is 0 Å². The van der Waals surface area contributed by atoms with E-state index < -0.39 is 0 Å². The second-order valence-electron chi connectivity index (χ2n) is 5.93. The van der Waals surface area contributed by atoms with Crippen molar-refractivity contribution >= 4 is 5.96 Å². The smallest absolute Gasteiger partial charge is 0.228 e. The maximum atomic E-state index is 5.23. The fourth-order valence-corrected chi connectivity index (χ4v) is 2.53. The van der Waals surface area contributed by atoms with E-state index in [2.05, 4.69) is 39.6 Å². The number of nitrogens with zero attached hydrogens (tertiary/aromatic N) is 3. The minimum atomic E-state index is 0.302. The normalized spacial score (nSPS) is 17.2. The van der Waals surface area contributed by atoms with Crippen LogP contribution in [0.1, 0.15) is 63.6 Å². The topological polar surface area (TPSA) is 75.3 Å². The minimum absolute atomic E-state index is 0.302. The van der Waals surface area contributed by atoms with Gasteiger partial charge in [-0.2, -0.15) is 4.98 Å². The molecule has 1 fully saturated rings. The third-order valence-electron chi connectivity index (χ3n) is 3.80. The van der Waals surface area contributed by atoms with E-state index in [-0.39, 0.29) is 0 Å². The molecule has 0 saturated heterocycles. The quantitative estimate of drug-likeness (QED) is 0.643. The summed E-state index contributed by atoms with van der Waals surface area (Å²) in [7, 11) is 1.81. The van der Waals surface area contributed by atoms with Crippen LogP contribution in [0.5, 0.6) is 0 Å². The number of rotatable bonds is 5. The summed E-state index contributed by atoms with van der Waals surface area (Å²) >= 11 is 0. The zero-order chi connectivity index (χ0) is 15.1. The van der Waals surface area contributed by atoms with Gasteiger partial charge >= 0.3 is 0 Å². The second-order valence-corrected chi connectivity index (χ2v) is 5.93. The Morgan fingerprint density at radius 2 is 2.10 bits per heavy atom. The van der Waals surface area contributed by atoms with E-state index in [4.69, 9.17) is 4.52 Å². The lowest BCUT2D eigenvalue weighted by molar-refractivity contribution is 0.370. The van der Waals surface area contributed by atoms with Crippen molar-refractivity contribution in [3.8, 4) is 0 Å². The first-order valence-electron chi connectivity index (χ1n) is 7.98. The zero-order valence-electron chi connectivity index (χ0n) is 13.4. The monoisotopic (exact) mass is 293 g/mol. The van der Waals surface area contributed by atoms with Crippen LogP contribution < -0.4 is 10.6 Å². The van der Waals surface area contributed by atoms with Crippen LogP contribution >= 0.6 is 0 Å². The fourth-order valence-electron chi connectivity index (χ4n) is 2.53. The van der Waals surface area contributed by atoms with Gasteiger partial charge in [0.25, 0.3) is 0 Å². The van der Waals surface area contributed by atoms with E-state index in [0.29, 0.717) is 24.3 Å². The third kappa shape index (κ3) is 5.02. The highest BCUT2D eigenvalue weighted by Crippen LogP contribution is 2.17. The lowest BCUT2D eigenvalue weighted by Gasteiger charge is -2.24. The number of nitrogens with one attached hydrogen (secondary N) is 2. The highest BCUT2D eigenvalue weighted by Gasteiger charge is 2.14. The van der Waals surface area contributed by atoms with Gasteiger partial charge in [0.05, 0.1) is 0 Å². The van der Waals surface area contributed by atoms with E-state index in [9.17, 15) is 0 Å². The maximum Gasteiger partial charge on any atom is 0.228 e. The van der Waals surface area contributed by atoms with Crippen molar-refractivity contribution in [1.29, 1.82) is 0 Å². The van der Waals surface area contributed by atoms with Crippen molar-refractivity contribution in [2.24, 2.45) is 4.99 Å². The van der Waals surface area contributed by atoms with Gasteiger partial charge in [-0.3, -0.25) is 4.99 Å². The first-order valence-corrected chi connectivity index (χ1v) is 7.98. The van der Waals surface area contributed by atoms with Gasteiger partial charge in [-0.1, -0.05) is 38.3 Å². The van der Waals surface area contributed by atoms with Gasteiger partial charge in [-0.15, -0.1) is 0 Å². The fraction of sp³-hybridized carbons (Fsp3) is 0.800. The standard InChI is InChI=1S/C15H27N5O/c1-11(2)14-19-13(21-20-14)9-10-17-15(16-3)18-12-7-5-4-6-8-12/h11-12H,4-10H2,1-3H3,(H2,16,17,18). The average molecular weight is 293 g/mol. The van der Waals surface area contributed by atoms with Crippen LogP contribution in [0, 0.1) is 0 Å². The van der Waals surface area contributed by atoms with Gasteiger partial charge < -0.3 is 15.2 Å². The lowest BCUT2D eigenvalue weighted by Crippen LogP contribution is -2.44. The molecule has 1 saturated carbocycles. The SMILES string of the molecule is CN=C(NCCc1nc(C(C)C)no1)NC1CCCCC1. The number of guanidine groups is 1. The van der Waals surface area contributed by atoms with E-state index in [1.807, 2.05) is 7.05 Å². The van der Waals surface area contributed by atoms with E-state index >= 15 is 0 Å². The Bertz CT molecular complexity index is 449. The Labute approximate surface area is 126 Å². The number of hydrogen-bond acceptors (Lipinski definition) is 4. The summed E-state index contributed by atoms with van der Waals surface area (Å²) in [6.07, 6.45) is 7.18. The molecule has 0 amide bonds. The van der Waals surface area contributed by atoms with E-state index in [1.165, 1.54) is 32.1 Å². The van der Waals surface area contributed by atoms with Gasteiger partial charge in [0.1, 0.15) is 0 Å². The largest absolute Gasteiger partial charge is 0.356 e. The summed E-state index contributed by atoms with van der Waals surface area (Å²) in [5, 5.41) is 10.8.